The van der Waals surface area contributed by atoms with Gasteiger partial charge in [-0.2, -0.15) is 0 Å². The lowest BCUT2D eigenvalue weighted by Crippen LogP contribution is -2.40. The minimum Gasteiger partial charge on any atom is -0.481 e. The standard InChI is InChI=1S/C17H21NO3/c1-12-5-3-4-6-13(12)17(7-8-17)14(19)18-10-9-16(2,11-18)15(20)21/h3-6H,7-11H2,1-2H3,(H,20,21). The first-order valence-electron chi connectivity index (χ1n) is 7.48. The normalized spacial score (nSPS) is 26.7. The quantitative estimate of drug-likeness (QED) is 0.928. The minimum atomic E-state index is -0.807. The van der Waals surface area contributed by atoms with Crippen LogP contribution in [0.25, 0.3) is 0 Å². The van der Waals surface area contributed by atoms with Crippen molar-refractivity contribution in [2.24, 2.45) is 5.41 Å². The van der Waals surface area contributed by atoms with E-state index in [-0.39, 0.29) is 5.91 Å². The zero-order valence-electron chi connectivity index (χ0n) is 12.6. The molecule has 112 valence electrons. The van der Waals surface area contributed by atoms with Gasteiger partial charge in [0.15, 0.2) is 0 Å². The zero-order valence-corrected chi connectivity index (χ0v) is 12.6. The summed E-state index contributed by atoms with van der Waals surface area (Å²) in [4.78, 5) is 26.0. The zero-order chi connectivity index (χ0) is 15.3. The molecule has 0 radical (unpaired) electrons. The molecule has 1 aliphatic carbocycles. The molecule has 1 aromatic rings. The van der Waals surface area contributed by atoms with E-state index in [4.69, 9.17) is 0 Å². The fourth-order valence-electron chi connectivity index (χ4n) is 3.44. The molecule has 1 saturated heterocycles. The Morgan fingerprint density at radius 3 is 2.38 bits per heavy atom. The molecule has 1 atom stereocenters. The molecule has 0 aromatic heterocycles. The number of nitrogens with zero attached hydrogens (tertiary/aromatic N) is 1. The lowest BCUT2D eigenvalue weighted by molar-refractivity contribution is -0.147. The maximum absolute atomic E-state index is 12.9. The van der Waals surface area contributed by atoms with E-state index in [1.807, 2.05) is 31.2 Å². The van der Waals surface area contributed by atoms with Gasteiger partial charge in [-0.15, -0.1) is 0 Å². The number of aryl methyl sites for hydroxylation is 1. The molecule has 21 heavy (non-hydrogen) atoms. The van der Waals surface area contributed by atoms with Gasteiger partial charge < -0.3 is 10.0 Å². The molecule has 1 amide bonds. The molecular formula is C17H21NO3. The third kappa shape index (κ3) is 2.13. The second-order valence-electron chi connectivity index (χ2n) is 6.74. The fraction of sp³-hybridized carbons (Fsp3) is 0.529. The van der Waals surface area contributed by atoms with E-state index in [1.54, 1.807) is 11.8 Å². The maximum Gasteiger partial charge on any atom is 0.311 e. The van der Waals surface area contributed by atoms with Crippen LogP contribution in [0.5, 0.6) is 0 Å². The molecule has 1 saturated carbocycles. The largest absolute Gasteiger partial charge is 0.481 e. The van der Waals surface area contributed by atoms with Gasteiger partial charge in [0.05, 0.1) is 10.8 Å². The second kappa shape index (κ2) is 4.58. The highest BCUT2D eigenvalue weighted by atomic mass is 16.4. The molecule has 2 fully saturated rings. The first-order valence-corrected chi connectivity index (χ1v) is 7.48. The highest BCUT2D eigenvalue weighted by Crippen LogP contribution is 2.51. The van der Waals surface area contributed by atoms with Crippen molar-refractivity contribution in [2.45, 2.75) is 38.5 Å². The molecule has 0 spiro atoms. The lowest BCUT2D eigenvalue weighted by atomic mass is 9.89. The van der Waals surface area contributed by atoms with Gasteiger partial charge in [-0.3, -0.25) is 9.59 Å². The van der Waals surface area contributed by atoms with Gasteiger partial charge in [0, 0.05) is 13.1 Å². The maximum atomic E-state index is 12.9. The molecule has 0 bridgehead atoms. The van der Waals surface area contributed by atoms with Crippen molar-refractivity contribution in [3.63, 3.8) is 0 Å². The Kier molecular flexibility index (Phi) is 3.08. The third-order valence-corrected chi connectivity index (χ3v) is 5.10. The average molecular weight is 287 g/mol. The van der Waals surface area contributed by atoms with Gasteiger partial charge in [0.25, 0.3) is 0 Å². The summed E-state index contributed by atoms with van der Waals surface area (Å²) in [7, 11) is 0. The highest BCUT2D eigenvalue weighted by molar-refractivity contribution is 5.92. The first-order chi connectivity index (χ1) is 9.89. The Balaban J connectivity index is 1.84. The predicted octanol–water partition coefficient (Wildman–Crippen LogP) is 2.35. The number of carbonyl (C=O) groups is 2. The monoisotopic (exact) mass is 287 g/mol. The van der Waals surface area contributed by atoms with Crippen LogP contribution >= 0.6 is 0 Å². The van der Waals surface area contributed by atoms with E-state index in [9.17, 15) is 14.7 Å². The van der Waals surface area contributed by atoms with Crippen molar-refractivity contribution in [3.05, 3.63) is 35.4 Å². The van der Waals surface area contributed by atoms with Crippen molar-refractivity contribution in [1.29, 1.82) is 0 Å². The van der Waals surface area contributed by atoms with Crippen LogP contribution in [0.3, 0.4) is 0 Å². The summed E-state index contributed by atoms with van der Waals surface area (Å²) in [5.41, 5.74) is 1.06. The number of amides is 1. The van der Waals surface area contributed by atoms with Crippen molar-refractivity contribution < 1.29 is 14.7 Å². The van der Waals surface area contributed by atoms with Gasteiger partial charge in [-0.1, -0.05) is 24.3 Å². The van der Waals surface area contributed by atoms with E-state index in [0.29, 0.717) is 19.5 Å². The van der Waals surface area contributed by atoms with Crippen LogP contribution in [0, 0.1) is 12.3 Å². The Labute approximate surface area is 124 Å². The Morgan fingerprint density at radius 1 is 1.19 bits per heavy atom. The van der Waals surface area contributed by atoms with Crippen molar-refractivity contribution in [3.8, 4) is 0 Å². The van der Waals surface area contributed by atoms with Gasteiger partial charge in [0.1, 0.15) is 0 Å². The Morgan fingerprint density at radius 2 is 1.86 bits per heavy atom. The number of aliphatic carboxylic acids is 1. The summed E-state index contributed by atoms with van der Waals surface area (Å²) >= 11 is 0. The Hall–Kier alpha value is -1.84. The number of rotatable bonds is 3. The van der Waals surface area contributed by atoms with Crippen LogP contribution < -0.4 is 0 Å². The fourth-order valence-corrected chi connectivity index (χ4v) is 3.44. The number of likely N-dealkylation sites (tertiary alicyclic amines) is 1. The van der Waals surface area contributed by atoms with Gasteiger partial charge >= 0.3 is 5.97 Å². The van der Waals surface area contributed by atoms with E-state index in [0.717, 1.165) is 24.0 Å². The van der Waals surface area contributed by atoms with Crippen molar-refractivity contribution >= 4 is 11.9 Å². The highest BCUT2D eigenvalue weighted by Gasteiger charge is 2.55. The SMILES string of the molecule is Cc1ccccc1C1(C(=O)N2CCC(C)(C(=O)O)C2)CC1. The number of benzene rings is 1. The summed E-state index contributed by atoms with van der Waals surface area (Å²) in [5.74, 6) is -0.694. The number of hydrogen-bond acceptors (Lipinski definition) is 2. The number of carboxylic acids is 1. The molecule has 1 aliphatic heterocycles. The van der Waals surface area contributed by atoms with E-state index < -0.39 is 16.8 Å². The molecule has 4 heteroatoms. The van der Waals surface area contributed by atoms with Crippen LogP contribution in [0.1, 0.15) is 37.3 Å². The van der Waals surface area contributed by atoms with E-state index in [1.165, 1.54) is 0 Å². The smallest absolute Gasteiger partial charge is 0.311 e. The molecule has 1 unspecified atom stereocenters. The summed E-state index contributed by atoms with van der Waals surface area (Å²) < 4.78 is 0. The predicted molar refractivity (Wildman–Crippen MR) is 79.0 cm³/mol. The molecule has 1 aromatic carbocycles. The second-order valence-corrected chi connectivity index (χ2v) is 6.74. The van der Waals surface area contributed by atoms with Crippen LogP contribution in [0.15, 0.2) is 24.3 Å². The van der Waals surface area contributed by atoms with Crippen LogP contribution in [-0.2, 0) is 15.0 Å². The van der Waals surface area contributed by atoms with Crippen LogP contribution in [0.2, 0.25) is 0 Å². The first kappa shape index (κ1) is 14.1. The molecule has 2 aliphatic rings. The van der Waals surface area contributed by atoms with Crippen LogP contribution in [-0.4, -0.2) is 35.0 Å². The topological polar surface area (TPSA) is 57.6 Å². The van der Waals surface area contributed by atoms with Crippen LogP contribution in [0.4, 0.5) is 0 Å². The summed E-state index contributed by atoms with van der Waals surface area (Å²) in [6, 6.07) is 8.03. The summed E-state index contributed by atoms with van der Waals surface area (Å²) in [6.45, 7) is 4.65. The summed E-state index contributed by atoms with van der Waals surface area (Å²) in [5, 5.41) is 9.31. The van der Waals surface area contributed by atoms with Gasteiger partial charge in [-0.25, -0.2) is 0 Å². The average Bonchev–Trinajstić information content (AvgIpc) is 3.15. The summed E-state index contributed by atoms with van der Waals surface area (Å²) in [6.07, 6.45) is 2.28. The van der Waals surface area contributed by atoms with E-state index in [2.05, 4.69) is 0 Å². The molecule has 1 N–H and O–H groups in total. The number of carbonyl (C=O) groups excluding carboxylic acids is 1. The van der Waals surface area contributed by atoms with E-state index >= 15 is 0 Å². The minimum absolute atomic E-state index is 0.113. The van der Waals surface area contributed by atoms with Gasteiger partial charge in [-0.05, 0) is 44.2 Å². The van der Waals surface area contributed by atoms with Crippen molar-refractivity contribution in [2.75, 3.05) is 13.1 Å². The molecule has 3 rings (SSSR count). The number of hydrogen-bond donors (Lipinski definition) is 1. The van der Waals surface area contributed by atoms with Crippen molar-refractivity contribution in [1.82, 2.24) is 4.90 Å². The molecular weight excluding hydrogens is 266 g/mol. The van der Waals surface area contributed by atoms with Gasteiger partial charge in [0.2, 0.25) is 5.91 Å². The molecule has 1 heterocycles. The lowest BCUT2D eigenvalue weighted by Gasteiger charge is -2.26. The number of carboxylic acid groups (broad SMARTS) is 1. The Bertz CT molecular complexity index is 606. The molecule has 4 nitrogen and oxygen atoms in total. The third-order valence-electron chi connectivity index (χ3n) is 5.10.